The molecule has 0 spiro atoms. The van der Waals surface area contributed by atoms with Gasteiger partial charge in [0, 0.05) is 6.42 Å². The Morgan fingerprint density at radius 2 is 2.24 bits per heavy atom. The quantitative estimate of drug-likeness (QED) is 0.412. The van der Waals surface area contributed by atoms with Gasteiger partial charge in [-0.25, -0.2) is 0 Å². The second kappa shape index (κ2) is 7.34. The van der Waals surface area contributed by atoms with E-state index in [1.54, 1.807) is 25.3 Å². The zero-order valence-electron chi connectivity index (χ0n) is 9.94. The fourth-order valence-corrected chi connectivity index (χ4v) is 1.44. The number of para-hydroxylation sites is 1. The molecule has 0 unspecified atom stereocenters. The van der Waals surface area contributed by atoms with Gasteiger partial charge in [0.15, 0.2) is 17.8 Å². The Morgan fingerprint density at radius 1 is 1.41 bits per heavy atom. The summed E-state index contributed by atoms with van der Waals surface area (Å²) in [4.78, 5) is 10.9. The summed E-state index contributed by atoms with van der Waals surface area (Å²) in [5.74, 6) is 3.66. The number of rotatable bonds is 7. The van der Waals surface area contributed by atoms with Gasteiger partial charge in [-0.3, -0.25) is 4.79 Å². The van der Waals surface area contributed by atoms with E-state index in [0.29, 0.717) is 23.7 Å². The van der Waals surface area contributed by atoms with Crippen molar-refractivity contribution in [2.75, 3.05) is 13.7 Å². The van der Waals surface area contributed by atoms with Crippen LogP contribution in [0.5, 0.6) is 11.5 Å². The van der Waals surface area contributed by atoms with Gasteiger partial charge in [-0.15, -0.1) is 12.3 Å². The van der Waals surface area contributed by atoms with Crippen LogP contribution in [0.25, 0.3) is 0 Å². The van der Waals surface area contributed by atoms with E-state index in [9.17, 15) is 4.79 Å². The maximum absolute atomic E-state index is 10.9. The summed E-state index contributed by atoms with van der Waals surface area (Å²) in [5.41, 5.74) is 0.501. The Balaban J connectivity index is 2.62. The third-order valence-electron chi connectivity index (χ3n) is 2.32. The monoisotopic (exact) mass is 232 g/mol. The molecule has 0 bridgehead atoms. The molecule has 1 aromatic rings. The molecule has 90 valence electrons. The zero-order chi connectivity index (χ0) is 12.5. The van der Waals surface area contributed by atoms with Crippen molar-refractivity contribution in [1.82, 2.24) is 0 Å². The van der Waals surface area contributed by atoms with Crippen LogP contribution in [0.2, 0.25) is 0 Å². The molecule has 0 fully saturated rings. The van der Waals surface area contributed by atoms with Crippen molar-refractivity contribution in [2.24, 2.45) is 0 Å². The van der Waals surface area contributed by atoms with Gasteiger partial charge >= 0.3 is 0 Å². The van der Waals surface area contributed by atoms with Gasteiger partial charge in [0.05, 0.1) is 19.3 Å². The number of benzene rings is 1. The minimum atomic E-state index is 0.501. The van der Waals surface area contributed by atoms with E-state index in [1.807, 2.05) is 0 Å². The Labute approximate surface area is 102 Å². The number of aldehydes is 1. The Hall–Kier alpha value is -1.95. The van der Waals surface area contributed by atoms with Crippen LogP contribution in [0.4, 0.5) is 0 Å². The van der Waals surface area contributed by atoms with E-state index in [4.69, 9.17) is 15.9 Å². The van der Waals surface area contributed by atoms with Gasteiger partial charge in [-0.2, -0.15) is 0 Å². The first kappa shape index (κ1) is 13.1. The van der Waals surface area contributed by atoms with E-state index in [2.05, 4.69) is 5.92 Å². The van der Waals surface area contributed by atoms with Gasteiger partial charge in [-0.1, -0.05) is 6.07 Å². The summed E-state index contributed by atoms with van der Waals surface area (Å²) >= 11 is 0. The lowest BCUT2D eigenvalue weighted by molar-refractivity contribution is 0.111. The smallest absolute Gasteiger partial charge is 0.171 e. The highest BCUT2D eigenvalue weighted by Crippen LogP contribution is 2.30. The molecule has 0 aliphatic rings. The summed E-state index contributed by atoms with van der Waals surface area (Å²) in [6, 6.07) is 5.23. The standard InChI is InChI=1S/C14H16O3/c1-3-4-5-6-10-17-14-12(11-15)8-7-9-13(14)16-2/h1,7-9,11H,4-6,10H2,2H3. The molecule has 0 radical (unpaired) electrons. The summed E-state index contributed by atoms with van der Waals surface area (Å²) in [7, 11) is 1.55. The Bertz CT molecular complexity index is 404. The number of carbonyl (C=O) groups excluding carboxylic acids is 1. The largest absolute Gasteiger partial charge is 0.493 e. The van der Waals surface area contributed by atoms with E-state index < -0.39 is 0 Å². The van der Waals surface area contributed by atoms with Crippen LogP contribution >= 0.6 is 0 Å². The Morgan fingerprint density at radius 3 is 2.88 bits per heavy atom. The first-order valence-electron chi connectivity index (χ1n) is 5.52. The predicted molar refractivity (Wildman–Crippen MR) is 66.6 cm³/mol. The average molecular weight is 232 g/mol. The summed E-state index contributed by atoms with van der Waals surface area (Å²) in [6.45, 7) is 0.531. The normalized spacial score (nSPS) is 9.41. The molecule has 0 N–H and O–H groups in total. The molecule has 0 aliphatic heterocycles. The van der Waals surface area contributed by atoms with Crippen molar-refractivity contribution < 1.29 is 14.3 Å². The molecule has 0 saturated carbocycles. The van der Waals surface area contributed by atoms with Crippen LogP contribution < -0.4 is 9.47 Å². The number of carbonyl (C=O) groups is 1. The van der Waals surface area contributed by atoms with Gasteiger partial charge in [-0.05, 0) is 25.0 Å². The molecule has 3 heteroatoms. The lowest BCUT2D eigenvalue weighted by Gasteiger charge is -2.12. The van der Waals surface area contributed by atoms with E-state index >= 15 is 0 Å². The lowest BCUT2D eigenvalue weighted by atomic mass is 10.2. The molecule has 0 aliphatic carbocycles. The maximum Gasteiger partial charge on any atom is 0.171 e. The van der Waals surface area contributed by atoms with Crippen LogP contribution in [0.3, 0.4) is 0 Å². The lowest BCUT2D eigenvalue weighted by Crippen LogP contribution is -2.02. The van der Waals surface area contributed by atoms with Crippen molar-refractivity contribution in [3.05, 3.63) is 23.8 Å². The molecule has 0 aromatic heterocycles. The summed E-state index contributed by atoms with van der Waals surface area (Å²) in [5, 5.41) is 0. The van der Waals surface area contributed by atoms with E-state index in [-0.39, 0.29) is 0 Å². The average Bonchev–Trinajstić information content (AvgIpc) is 2.38. The van der Waals surface area contributed by atoms with Crippen LogP contribution in [0.15, 0.2) is 18.2 Å². The van der Waals surface area contributed by atoms with Crippen LogP contribution in [-0.4, -0.2) is 20.0 Å². The molecular weight excluding hydrogens is 216 g/mol. The highest BCUT2D eigenvalue weighted by Gasteiger charge is 2.09. The van der Waals surface area contributed by atoms with Crippen molar-refractivity contribution in [1.29, 1.82) is 0 Å². The summed E-state index contributed by atoms with van der Waals surface area (Å²) in [6.07, 6.45) is 8.45. The van der Waals surface area contributed by atoms with Gasteiger partial charge in [0.25, 0.3) is 0 Å². The van der Waals surface area contributed by atoms with E-state index in [1.165, 1.54) is 0 Å². The molecule has 17 heavy (non-hydrogen) atoms. The molecule has 0 saturated heterocycles. The number of terminal acetylenes is 1. The van der Waals surface area contributed by atoms with Crippen molar-refractivity contribution in [3.8, 4) is 23.8 Å². The van der Waals surface area contributed by atoms with Gasteiger partial charge in [0.1, 0.15) is 0 Å². The molecule has 3 nitrogen and oxygen atoms in total. The highest BCUT2D eigenvalue weighted by molar-refractivity contribution is 5.81. The first-order valence-corrected chi connectivity index (χ1v) is 5.52. The van der Waals surface area contributed by atoms with Crippen LogP contribution in [0.1, 0.15) is 29.6 Å². The fraction of sp³-hybridized carbons (Fsp3) is 0.357. The zero-order valence-corrected chi connectivity index (χ0v) is 9.94. The Kier molecular flexibility index (Phi) is 5.67. The molecule has 1 aromatic carbocycles. The van der Waals surface area contributed by atoms with Crippen LogP contribution in [0, 0.1) is 12.3 Å². The number of methoxy groups -OCH3 is 1. The molecular formula is C14H16O3. The molecule has 1 rings (SSSR count). The van der Waals surface area contributed by atoms with Gasteiger partial charge in [0.2, 0.25) is 0 Å². The molecule has 0 heterocycles. The number of unbranched alkanes of at least 4 members (excludes halogenated alkanes) is 2. The second-order valence-electron chi connectivity index (χ2n) is 3.51. The summed E-state index contributed by atoms with van der Waals surface area (Å²) < 4.78 is 10.7. The van der Waals surface area contributed by atoms with Crippen LogP contribution in [-0.2, 0) is 0 Å². The number of hydrogen-bond donors (Lipinski definition) is 0. The molecule has 0 atom stereocenters. The van der Waals surface area contributed by atoms with Crippen molar-refractivity contribution >= 4 is 6.29 Å². The topological polar surface area (TPSA) is 35.5 Å². The highest BCUT2D eigenvalue weighted by atomic mass is 16.5. The van der Waals surface area contributed by atoms with Gasteiger partial charge < -0.3 is 9.47 Å². The second-order valence-corrected chi connectivity index (χ2v) is 3.51. The minimum Gasteiger partial charge on any atom is -0.493 e. The number of ether oxygens (including phenoxy) is 2. The van der Waals surface area contributed by atoms with Crippen molar-refractivity contribution in [2.45, 2.75) is 19.3 Å². The minimum absolute atomic E-state index is 0.501. The maximum atomic E-state index is 10.9. The molecule has 0 amide bonds. The van der Waals surface area contributed by atoms with Crippen molar-refractivity contribution in [3.63, 3.8) is 0 Å². The fourth-order valence-electron chi connectivity index (χ4n) is 1.44. The third-order valence-corrected chi connectivity index (χ3v) is 2.32. The SMILES string of the molecule is C#CCCCCOc1c(C=O)cccc1OC. The first-order chi connectivity index (χ1) is 8.33. The predicted octanol–water partition coefficient (Wildman–Crippen LogP) is 2.69. The number of hydrogen-bond acceptors (Lipinski definition) is 3. The van der Waals surface area contributed by atoms with E-state index in [0.717, 1.165) is 25.5 Å². The third kappa shape index (κ3) is 3.84.